The maximum absolute atomic E-state index is 10.5. The smallest absolute Gasteiger partial charge is 0.273 e. The summed E-state index contributed by atoms with van der Waals surface area (Å²) in [6, 6.07) is 0. The van der Waals surface area contributed by atoms with Crippen molar-refractivity contribution in [3.63, 3.8) is 0 Å². The van der Waals surface area contributed by atoms with Gasteiger partial charge in [0, 0.05) is 6.54 Å². The Morgan fingerprint density at radius 2 is 1.92 bits per heavy atom. The summed E-state index contributed by atoms with van der Waals surface area (Å²) in [6.45, 7) is 4.93. The molecule has 0 saturated heterocycles. The van der Waals surface area contributed by atoms with E-state index < -0.39 is 12.0 Å². The third-order valence-electron chi connectivity index (χ3n) is 1.30. The lowest BCUT2D eigenvalue weighted by Gasteiger charge is -2.10. The van der Waals surface area contributed by atoms with Gasteiger partial charge in [-0.1, -0.05) is 13.8 Å². The summed E-state index contributed by atoms with van der Waals surface area (Å²) in [5, 5.41) is 20.0. The predicted octanol–water partition coefficient (Wildman–Crippen LogP) is -0.480. The van der Waals surface area contributed by atoms with Crippen molar-refractivity contribution in [1.29, 1.82) is 0 Å². The molecule has 13 heavy (non-hydrogen) atoms. The van der Waals surface area contributed by atoms with E-state index in [4.69, 9.17) is 10.3 Å². The van der Waals surface area contributed by atoms with E-state index in [2.05, 4.69) is 5.32 Å². The van der Waals surface area contributed by atoms with Crippen LogP contribution in [0.25, 0.3) is 0 Å². The molecule has 0 heterocycles. The molecule has 0 aromatic carbocycles. The van der Waals surface area contributed by atoms with Gasteiger partial charge in [0.15, 0.2) is 0 Å². The van der Waals surface area contributed by atoms with Crippen molar-refractivity contribution >= 4 is 18.3 Å². The number of hydrogen-bond acceptors (Lipinski definition) is 4. The first kappa shape index (κ1) is 15.1. The van der Waals surface area contributed by atoms with Crippen LogP contribution in [0.5, 0.6) is 0 Å². The standard InChI is InChI=1S/C7H16N2O3.ClH/c1-5(2)3-8-4-6(10)7(11)9-12;/h5-6,8,10,12H,3-4H2,1-2H3,(H,9,11);1H/t6-;/m0./s1. The predicted molar refractivity (Wildman–Crippen MR) is 50.9 cm³/mol. The third kappa shape index (κ3) is 7.98. The number of carbonyl (C=O) groups is 1. The molecule has 80 valence electrons. The number of hydrogen-bond donors (Lipinski definition) is 4. The van der Waals surface area contributed by atoms with Crippen LogP contribution in [0.1, 0.15) is 13.8 Å². The second-order valence-electron chi connectivity index (χ2n) is 3.04. The Hall–Kier alpha value is -0.360. The zero-order valence-corrected chi connectivity index (χ0v) is 8.60. The first-order chi connectivity index (χ1) is 5.57. The van der Waals surface area contributed by atoms with Crippen molar-refractivity contribution < 1.29 is 15.1 Å². The van der Waals surface area contributed by atoms with Crippen molar-refractivity contribution in [3.8, 4) is 0 Å². The van der Waals surface area contributed by atoms with E-state index >= 15 is 0 Å². The van der Waals surface area contributed by atoms with Crippen LogP contribution >= 0.6 is 12.4 Å². The quantitative estimate of drug-likeness (QED) is 0.367. The summed E-state index contributed by atoms with van der Waals surface area (Å²) in [4.78, 5) is 10.5. The van der Waals surface area contributed by atoms with Crippen LogP contribution in [-0.2, 0) is 4.79 Å². The van der Waals surface area contributed by atoms with Crippen LogP contribution in [-0.4, -0.2) is 35.4 Å². The second-order valence-corrected chi connectivity index (χ2v) is 3.04. The summed E-state index contributed by atoms with van der Waals surface area (Å²) < 4.78 is 0. The monoisotopic (exact) mass is 212 g/mol. The van der Waals surface area contributed by atoms with E-state index in [9.17, 15) is 4.79 Å². The van der Waals surface area contributed by atoms with Crippen LogP contribution in [0.2, 0.25) is 0 Å². The highest BCUT2D eigenvalue weighted by Gasteiger charge is 2.12. The molecule has 0 aliphatic rings. The normalized spacial score (nSPS) is 12.1. The van der Waals surface area contributed by atoms with Crippen molar-refractivity contribution in [2.24, 2.45) is 5.92 Å². The third-order valence-corrected chi connectivity index (χ3v) is 1.30. The first-order valence-corrected chi connectivity index (χ1v) is 3.90. The molecule has 0 bridgehead atoms. The lowest BCUT2D eigenvalue weighted by atomic mass is 10.2. The summed E-state index contributed by atoms with van der Waals surface area (Å²) in [7, 11) is 0. The molecular weight excluding hydrogens is 196 g/mol. The minimum absolute atomic E-state index is 0. The largest absolute Gasteiger partial charge is 0.382 e. The molecule has 0 fully saturated rings. The summed E-state index contributed by atoms with van der Waals surface area (Å²) in [5.74, 6) is -0.319. The van der Waals surface area contributed by atoms with E-state index in [0.29, 0.717) is 5.92 Å². The molecular formula is C7H17ClN2O3. The molecule has 0 aliphatic heterocycles. The molecule has 0 rings (SSSR count). The zero-order chi connectivity index (χ0) is 9.56. The molecule has 0 radical (unpaired) electrons. The lowest BCUT2D eigenvalue weighted by Crippen LogP contribution is -2.40. The minimum atomic E-state index is -1.19. The van der Waals surface area contributed by atoms with E-state index in [1.165, 1.54) is 5.48 Å². The Balaban J connectivity index is 0. The molecule has 1 atom stereocenters. The molecule has 6 heteroatoms. The van der Waals surface area contributed by atoms with Gasteiger partial charge in [-0.2, -0.15) is 0 Å². The van der Waals surface area contributed by atoms with Crippen LogP contribution in [0.15, 0.2) is 0 Å². The van der Waals surface area contributed by atoms with Crippen LogP contribution in [0, 0.1) is 5.92 Å². The molecule has 0 unspecified atom stereocenters. The summed E-state index contributed by atoms with van der Waals surface area (Å²) >= 11 is 0. The average molecular weight is 213 g/mol. The van der Waals surface area contributed by atoms with E-state index in [0.717, 1.165) is 6.54 Å². The van der Waals surface area contributed by atoms with Crippen molar-refractivity contribution in [1.82, 2.24) is 10.8 Å². The van der Waals surface area contributed by atoms with Gasteiger partial charge >= 0.3 is 0 Å². The van der Waals surface area contributed by atoms with Gasteiger partial charge in [0.25, 0.3) is 5.91 Å². The van der Waals surface area contributed by atoms with Crippen LogP contribution in [0.3, 0.4) is 0 Å². The number of halogens is 1. The summed E-state index contributed by atoms with van der Waals surface area (Å²) in [6.07, 6.45) is -1.19. The van der Waals surface area contributed by atoms with Gasteiger partial charge < -0.3 is 10.4 Å². The van der Waals surface area contributed by atoms with Crippen molar-refractivity contribution in [3.05, 3.63) is 0 Å². The SMILES string of the molecule is CC(C)CNC[C@H](O)C(=O)NO.Cl. The van der Waals surface area contributed by atoms with Gasteiger partial charge in [-0.05, 0) is 12.5 Å². The Labute approximate surface area is 83.9 Å². The van der Waals surface area contributed by atoms with E-state index in [1.54, 1.807) is 0 Å². The van der Waals surface area contributed by atoms with Crippen LogP contribution in [0.4, 0.5) is 0 Å². The summed E-state index contributed by atoms with van der Waals surface area (Å²) in [5.41, 5.74) is 1.37. The van der Waals surface area contributed by atoms with Gasteiger partial charge in [0.2, 0.25) is 0 Å². The highest BCUT2D eigenvalue weighted by atomic mass is 35.5. The molecule has 4 N–H and O–H groups in total. The Kier molecular flexibility index (Phi) is 9.60. The highest BCUT2D eigenvalue weighted by Crippen LogP contribution is 1.87. The first-order valence-electron chi connectivity index (χ1n) is 3.90. The zero-order valence-electron chi connectivity index (χ0n) is 7.78. The van der Waals surface area contributed by atoms with Gasteiger partial charge in [0.1, 0.15) is 6.10 Å². The Morgan fingerprint density at radius 3 is 2.31 bits per heavy atom. The molecule has 0 aromatic rings. The highest BCUT2D eigenvalue weighted by molar-refractivity contribution is 5.85. The van der Waals surface area contributed by atoms with Gasteiger partial charge in [0.05, 0.1) is 0 Å². The van der Waals surface area contributed by atoms with Crippen molar-refractivity contribution in [2.75, 3.05) is 13.1 Å². The Bertz CT molecular complexity index is 144. The lowest BCUT2D eigenvalue weighted by molar-refractivity contribution is -0.137. The topological polar surface area (TPSA) is 81.6 Å². The maximum Gasteiger partial charge on any atom is 0.273 e. The molecule has 5 nitrogen and oxygen atoms in total. The minimum Gasteiger partial charge on any atom is -0.382 e. The Morgan fingerprint density at radius 1 is 1.38 bits per heavy atom. The number of aliphatic hydroxyl groups excluding tert-OH is 1. The molecule has 0 saturated carbocycles. The molecule has 0 aliphatic carbocycles. The fourth-order valence-corrected chi connectivity index (χ4v) is 0.676. The molecule has 0 spiro atoms. The number of rotatable bonds is 5. The number of nitrogens with one attached hydrogen (secondary N) is 2. The van der Waals surface area contributed by atoms with Gasteiger partial charge in [-0.15, -0.1) is 12.4 Å². The maximum atomic E-state index is 10.5. The molecule has 1 amide bonds. The second kappa shape index (κ2) is 8.25. The number of carbonyl (C=O) groups excluding carboxylic acids is 1. The fraction of sp³-hybridized carbons (Fsp3) is 0.857. The number of hydroxylamine groups is 1. The fourth-order valence-electron chi connectivity index (χ4n) is 0.676. The van der Waals surface area contributed by atoms with Crippen molar-refractivity contribution in [2.45, 2.75) is 20.0 Å². The van der Waals surface area contributed by atoms with E-state index in [1.807, 2.05) is 13.8 Å². The van der Waals surface area contributed by atoms with E-state index in [-0.39, 0.29) is 19.0 Å². The van der Waals surface area contributed by atoms with Crippen LogP contribution < -0.4 is 10.8 Å². The molecule has 0 aromatic heterocycles. The van der Waals surface area contributed by atoms with Gasteiger partial charge in [-0.3, -0.25) is 10.0 Å². The van der Waals surface area contributed by atoms with Gasteiger partial charge in [-0.25, -0.2) is 5.48 Å². The average Bonchev–Trinajstić information content (AvgIpc) is 2.02. The number of amides is 1. The number of aliphatic hydroxyl groups is 1.